The lowest BCUT2D eigenvalue weighted by Gasteiger charge is -2.29. The van der Waals surface area contributed by atoms with Crippen LogP contribution in [0.4, 0.5) is 5.69 Å². The van der Waals surface area contributed by atoms with E-state index < -0.39 is 13.3 Å². The molecule has 0 unspecified atom stereocenters. The molecule has 4 aromatic carbocycles. The summed E-state index contributed by atoms with van der Waals surface area (Å²) in [5.41, 5.74) is 2.05. The number of rotatable bonds is 9. The van der Waals surface area contributed by atoms with Gasteiger partial charge in [0, 0.05) is 30.9 Å². The van der Waals surface area contributed by atoms with Crippen molar-refractivity contribution in [3.8, 4) is 11.5 Å². The van der Waals surface area contributed by atoms with Crippen LogP contribution < -0.4 is 14.9 Å². The summed E-state index contributed by atoms with van der Waals surface area (Å²) >= 11 is 0. The molecule has 2 heterocycles. The maximum Gasteiger partial charge on any atom is 0.530 e. The van der Waals surface area contributed by atoms with Gasteiger partial charge in [0.05, 0.1) is 31.8 Å². The molecule has 0 saturated carbocycles. The third-order valence-electron chi connectivity index (χ3n) is 6.78. The van der Waals surface area contributed by atoms with E-state index in [0.717, 1.165) is 11.1 Å². The Bertz CT molecular complexity index is 1720. The average Bonchev–Trinajstić information content (AvgIpc) is 3.01. The summed E-state index contributed by atoms with van der Waals surface area (Å²) in [6.07, 6.45) is 0. The third-order valence-corrected chi connectivity index (χ3v) is 8.09. The van der Waals surface area contributed by atoms with Crippen LogP contribution in [0.15, 0.2) is 100 Å². The summed E-state index contributed by atoms with van der Waals surface area (Å²) in [5, 5.41) is 11.0. The average molecular weight is 574 g/mol. The van der Waals surface area contributed by atoms with Crippen LogP contribution in [0, 0.1) is 0 Å². The van der Waals surface area contributed by atoms with E-state index in [1.54, 1.807) is 24.3 Å². The standard InChI is InChI=1S/C31H28NO8P/c33-26-18-24(32-14-16-36-17-15-32)19-28-29(26)30(34)25-12-7-13-27(31(25)39-28)40-41(35,37-20-22-8-3-1-4-9-22)38-21-23-10-5-2-6-11-23/h1-13,18-19,33H,14-17,20-21H2. The highest BCUT2D eigenvalue weighted by Gasteiger charge is 2.31. The van der Waals surface area contributed by atoms with E-state index >= 15 is 0 Å². The van der Waals surface area contributed by atoms with Crippen LogP contribution in [0.2, 0.25) is 0 Å². The molecule has 1 fully saturated rings. The molecular weight excluding hydrogens is 545 g/mol. The van der Waals surface area contributed by atoms with Gasteiger partial charge in [-0.15, -0.1) is 0 Å². The summed E-state index contributed by atoms with van der Waals surface area (Å²) in [4.78, 5) is 15.5. The highest BCUT2D eigenvalue weighted by molar-refractivity contribution is 7.48. The van der Waals surface area contributed by atoms with E-state index in [-0.39, 0.29) is 46.7 Å². The van der Waals surface area contributed by atoms with Crippen molar-refractivity contribution >= 4 is 35.4 Å². The lowest BCUT2D eigenvalue weighted by molar-refractivity contribution is 0.122. The van der Waals surface area contributed by atoms with Crippen molar-refractivity contribution in [2.45, 2.75) is 13.2 Å². The Balaban J connectivity index is 1.38. The summed E-state index contributed by atoms with van der Waals surface area (Å²) in [6, 6.07) is 26.4. The van der Waals surface area contributed by atoms with E-state index in [9.17, 15) is 14.5 Å². The van der Waals surface area contributed by atoms with Crippen molar-refractivity contribution in [2.24, 2.45) is 0 Å². The molecule has 1 aliphatic heterocycles. The molecule has 10 heteroatoms. The maximum atomic E-state index is 14.0. The molecule has 5 aromatic rings. The van der Waals surface area contributed by atoms with Gasteiger partial charge in [-0.3, -0.25) is 13.8 Å². The molecule has 1 N–H and O–H groups in total. The van der Waals surface area contributed by atoms with Crippen LogP contribution in [0.5, 0.6) is 11.5 Å². The quantitative estimate of drug-likeness (QED) is 0.158. The molecule has 1 aromatic heterocycles. The van der Waals surface area contributed by atoms with Gasteiger partial charge in [-0.25, -0.2) is 4.57 Å². The van der Waals surface area contributed by atoms with Crippen LogP contribution >= 0.6 is 7.82 Å². The van der Waals surface area contributed by atoms with Crippen molar-refractivity contribution in [2.75, 3.05) is 31.2 Å². The van der Waals surface area contributed by atoms with Crippen molar-refractivity contribution in [3.05, 3.63) is 112 Å². The number of hydrogen-bond donors (Lipinski definition) is 1. The Morgan fingerprint density at radius 3 is 2.10 bits per heavy atom. The van der Waals surface area contributed by atoms with Gasteiger partial charge in [0.15, 0.2) is 11.3 Å². The first-order valence-corrected chi connectivity index (χ1v) is 14.7. The van der Waals surface area contributed by atoms with E-state index in [1.165, 1.54) is 6.07 Å². The number of benzene rings is 4. The predicted molar refractivity (Wildman–Crippen MR) is 155 cm³/mol. The van der Waals surface area contributed by atoms with Gasteiger partial charge in [-0.05, 0) is 23.3 Å². The number of phenolic OH excluding ortho intramolecular Hbond substituents is 1. The Morgan fingerprint density at radius 2 is 1.46 bits per heavy atom. The summed E-state index contributed by atoms with van der Waals surface area (Å²) in [6.45, 7) is 2.33. The molecule has 0 aliphatic carbocycles. The number of phosphoric ester groups is 1. The zero-order chi connectivity index (χ0) is 28.2. The van der Waals surface area contributed by atoms with Crippen molar-refractivity contribution in [1.29, 1.82) is 0 Å². The van der Waals surface area contributed by atoms with Gasteiger partial charge in [0.1, 0.15) is 16.7 Å². The largest absolute Gasteiger partial charge is 0.530 e. The van der Waals surface area contributed by atoms with Gasteiger partial charge in [0.25, 0.3) is 0 Å². The Hall–Kier alpha value is -4.14. The molecule has 9 nitrogen and oxygen atoms in total. The molecule has 1 saturated heterocycles. The Morgan fingerprint density at radius 1 is 0.829 bits per heavy atom. The minimum absolute atomic E-state index is 0.0159. The summed E-state index contributed by atoms with van der Waals surface area (Å²) in [5.74, 6) is -0.170. The highest BCUT2D eigenvalue weighted by Crippen LogP contribution is 2.52. The molecule has 0 amide bonds. The number of fused-ring (bicyclic) bond motifs is 2. The van der Waals surface area contributed by atoms with Gasteiger partial charge < -0.3 is 23.7 Å². The van der Waals surface area contributed by atoms with Gasteiger partial charge in [-0.1, -0.05) is 66.7 Å². The highest BCUT2D eigenvalue weighted by atomic mass is 31.2. The second-order valence-corrected chi connectivity index (χ2v) is 11.2. The van der Waals surface area contributed by atoms with Crippen LogP contribution in [0.1, 0.15) is 11.1 Å². The molecule has 0 radical (unpaired) electrons. The fourth-order valence-electron chi connectivity index (χ4n) is 4.68. The number of ether oxygens (including phenoxy) is 1. The number of phosphoric acid groups is 1. The lowest BCUT2D eigenvalue weighted by Crippen LogP contribution is -2.36. The first-order chi connectivity index (χ1) is 20.0. The SMILES string of the molecule is O=c1c2cccc(OP(=O)(OCc3ccccc3)OCc3ccccc3)c2oc2cc(N3CCOCC3)cc(O)c12. The zero-order valence-electron chi connectivity index (χ0n) is 22.1. The normalized spacial score (nSPS) is 14.0. The van der Waals surface area contributed by atoms with Crippen LogP contribution in [0.25, 0.3) is 21.9 Å². The van der Waals surface area contributed by atoms with Crippen molar-refractivity contribution < 1.29 is 32.4 Å². The number of anilines is 1. The van der Waals surface area contributed by atoms with Crippen LogP contribution in [-0.4, -0.2) is 31.4 Å². The first-order valence-electron chi connectivity index (χ1n) is 13.2. The Labute approximate surface area is 236 Å². The van der Waals surface area contributed by atoms with Gasteiger partial charge in [-0.2, -0.15) is 0 Å². The molecule has 0 spiro atoms. The van der Waals surface area contributed by atoms with Crippen molar-refractivity contribution in [3.63, 3.8) is 0 Å². The number of hydrogen-bond acceptors (Lipinski definition) is 9. The first kappa shape index (κ1) is 27.1. The summed E-state index contributed by atoms with van der Waals surface area (Å²) in [7, 11) is -4.23. The second kappa shape index (κ2) is 11.8. The third kappa shape index (κ3) is 5.99. The van der Waals surface area contributed by atoms with Gasteiger partial charge >= 0.3 is 7.82 Å². The number of phenols is 1. The molecule has 0 atom stereocenters. The minimum Gasteiger partial charge on any atom is -0.507 e. The minimum atomic E-state index is -4.23. The van der Waals surface area contributed by atoms with E-state index in [1.807, 2.05) is 65.6 Å². The van der Waals surface area contributed by atoms with E-state index in [0.29, 0.717) is 32.0 Å². The predicted octanol–water partition coefficient (Wildman–Crippen LogP) is 6.41. The topological polar surface area (TPSA) is 108 Å². The number of aromatic hydroxyl groups is 1. The molecule has 0 bridgehead atoms. The van der Waals surface area contributed by atoms with Crippen LogP contribution in [0.3, 0.4) is 0 Å². The number of morpholine rings is 1. The molecule has 6 rings (SSSR count). The van der Waals surface area contributed by atoms with Crippen LogP contribution in [-0.2, 0) is 31.6 Å². The monoisotopic (exact) mass is 573 g/mol. The number of para-hydroxylation sites is 1. The molecule has 41 heavy (non-hydrogen) atoms. The lowest BCUT2D eigenvalue weighted by atomic mass is 10.1. The second-order valence-electron chi connectivity index (χ2n) is 9.56. The maximum absolute atomic E-state index is 14.0. The number of nitrogens with zero attached hydrogens (tertiary/aromatic N) is 1. The fourth-order valence-corrected chi connectivity index (χ4v) is 5.86. The van der Waals surface area contributed by atoms with Gasteiger partial charge in [0.2, 0.25) is 5.43 Å². The summed E-state index contributed by atoms with van der Waals surface area (Å²) < 4.78 is 43.0. The zero-order valence-corrected chi connectivity index (χ0v) is 23.0. The Kier molecular flexibility index (Phi) is 7.76. The molecule has 1 aliphatic rings. The van der Waals surface area contributed by atoms with Crippen molar-refractivity contribution in [1.82, 2.24) is 0 Å². The smallest absolute Gasteiger partial charge is 0.507 e. The molecular formula is C31H28NO8P. The van der Waals surface area contributed by atoms with E-state index in [2.05, 4.69) is 0 Å². The van der Waals surface area contributed by atoms with E-state index in [4.69, 9.17) is 22.7 Å². The fraction of sp³-hybridized carbons (Fsp3) is 0.194. The molecule has 210 valence electrons.